The smallest absolute Gasteiger partial charge is 0.187 e. The molecule has 0 amide bonds. The van der Waals surface area contributed by atoms with E-state index in [1.165, 1.54) is 11.8 Å². The largest absolute Gasteiger partial charge is 0.394 e. The Labute approximate surface area is 131 Å². The summed E-state index contributed by atoms with van der Waals surface area (Å²) in [5, 5.41) is 58.3. The average Bonchev–Trinajstić information content (AvgIpc) is 2.76. The maximum absolute atomic E-state index is 9.96. The first-order valence-corrected chi connectivity index (χ1v) is 8.26. The zero-order chi connectivity index (χ0) is 16.4. The van der Waals surface area contributed by atoms with Gasteiger partial charge in [0.15, 0.2) is 12.6 Å². The number of aliphatic hydroxyl groups excluding tert-OH is 6. The van der Waals surface area contributed by atoms with E-state index in [4.69, 9.17) is 19.3 Å². The predicted molar refractivity (Wildman–Crippen MR) is 73.9 cm³/mol. The molecule has 22 heavy (non-hydrogen) atoms. The molecule has 9 atom stereocenters. The molecular formula is C12H22O9S. The van der Waals surface area contributed by atoms with E-state index < -0.39 is 61.9 Å². The zero-order valence-electron chi connectivity index (χ0n) is 11.9. The summed E-state index contributed by atoms with van der Waals surface area (Å²) in [7, 11) is 0. The maximum atomic E-state index is 9.96. The van der Waals surface area contributed by atoms with Crippen molar-refractivity contribution in [2.24, 2.45) is 0 Å². The van der Waals surface area contributed by atoms with Crippen molar-refractivity contribution < 1.29 is 44.8 Å². The van der Waals surface area contributed by atoms with Crippen molar-refractivity contribution in [3.8, 4) is 0 Å². The van der Waals surface area contributed by atoms with Crippen LogP contribution in [-0.4, -0.2) is 105 Å². The van der Waals surface area contributed by atoms with Crippen molar-refractivity contribution in [2.45, 2.75) is 55.3 Å². The second-order valence-corrected chi connectivity index (χ2v) is 6.22. The summed E-state index contributed by atoms with van der Waals surface area (Å²) in [6.07, 6.45) is -9.81. The molecule has 6 N–H and O–H groups in total. The van der Waals surface area contributed by atoms with Crippen LogP contribution in [0, 0.1) is 0 Å². The Morgan fingerprint density at radius 2 is 1.55 bits per heavy atom. The standard InChI is InChI=1S/C12H22O9S/c1-22-3-5-7(15)9(17)12(20-5)21-10-8(16)6(14)4(2-13)19-11(10)18/h4-18H,2-3H2,1H3/t4?,5-,6?,7?,8?,9?,10?,11+,12+/m0/s1. The molecule has 0 spiro atoms. The van der Waals surface area contributed by atoms with Gasteiger partial charge in [-0.3, -0.25) is 0 Å². The van der Waals surface area contributed by atoms with Crippen LogP contribution in [0.5, 0.6) is 0 Å². The molecule has 0 radical (unpaired) electrons. The van der Waals surface area contributed by atoms with Crippen LogP contribution in [0.25, 0.3) is 0 Å². The highest BCUT2D eigenvalue weighted by Crippen LogP contribution is 2.29. The second-order valence-electron chi connectivity index (χ2n) is 5.31. The van der Waals surface area contributed by atoms with Crippen molar-refractivity contribution in [3.63, 3.8) is 0 Å². The summed E-state index contributed by atoms with van der Waals surface area (Å²) in [5.74, 6) is 0.430. The number of ether oxygens (including phenoxy) is 3. The van der Waals surface area contributed by atoms with Crippen molar-refractivity contribution in [2.75, 3.05) is 18.6 Å². The van der Waals surface area contributed by atoms with Gasteiger partial charge in [-0.2, -0.15) is 11.8 Å². The molecule has 0 bridgehead atoms. The molecule has 2 fully saturated rings. The monoisotopic (exact) mass is 342 g/mol. The molecule has 0 saturated carbocycles. The summed E-state index contributed by atoms with van der Waals surface area (Å²) in [4.78, 5) is 0. The highest BCUT2D eigenvalue weighted by Gasteiger charge is 2.49. The number of hydrogen-bond acceptors (Lipinski definition) is 10. The summed E-state index contributed by atoms with van der Waals surface area (Å²) in [6, 6.07) is 0. The SMILES string of the molecule is CSC[C@@H]1O[C@H](OC2C(O)C(O)C(CO)O[C@H]2O)C(O)C1O. The molecule has 9 nitrogen and oxygen atoms in total. The molecular weight excluding hydrogens is 320 g/mol. The van der Waals surface area contributed by atoms with Gasteiger partial charge < -0.3 is 44.8 Å². The zero-order valence-corrected chi connectivity index (χ0v) is 12.7. The van der Waals surface area contributed by atoms with Gasteiger partial charge in [-0.05, 0) is 6.26 Å². The summed E-state index contributed by atoms with van der Waals surface area (Å²) in [5.41, 5.74) is 0. The lowest BCUT2D eigenvalue weighted by molar-refractivity contribution is -0.326. The van der Waals surface area contributed by atoms with Crippen LogP contribution >= 0.6 is 11.8 Å². The van der Waals surface area contributed by atoms with Crippen LogP contribution in [0.1, 0.15) is 0 Å². The minimum atomic E-state index is -1.62. The maximum Gasteiger partial charge on any atom is 0.187 e. The quantitative estimate of drug-likeness (QED) is 0.299. The molecule has 0 aromatic carbocycles. The van der Waals surface area contributed by atoms with Gasteiger partial charge in [0.05, 0.1) is 12.7 Å². The average molecular weight is 342 g/mol. The van der Waals surface area contributed by atoms with Crippen molar-refractivity contribution in [3.05, 3.63) is 0 Å². The molecule has 2 aliphatic rings. The number of aliphatic hydroxyl groups is 6. The van der Waals surface area contributed by atoms with Crippen molar-refractivity contribution >= 4 is 11.8 Å². The van der Waals surface area contributed by atoms with Crippen LogP contribution < -0.4 is 0 Å². The highest BCUT2D eigenvalue weighted by atomic mass is 32.2. The van der Waals surface area contributed by atoms with Crippen molar-refractivity contribution in [1.82, 2.24) is 0 Å². The minimum absolute atomic E-state index is 0.430. The topological polar surface area (TPSA) is 149 Å². The first kappa shape index (κ1) is 18.3. The van der Waals surface area contributed by atoms with Crippen LogP contribution in [0.3, 0.4) is 0 Å². The van der Waals surface area contributed by atoms with E-state index in [0.717, 1.165) is 0 Å². The fourth-order valence-electron chi connectivity index (χ4n) is 2.50. The summed E-state index contributed by atoms with van der Waals surface area (Å²) >= 11 is 1.41. The number of thioether (sulfide) groups is 1. The van der Waals surface area contributed by atoms with Gasteiger partial charge in [-0.15, -0.1) is 0 Å². The fourth-order valence-corrected chi connectivity index (χ4v) is 3.11. The first-order valence-electron chi connectivity index (χ1n) is 6.87. The van der Waals surface area contributed by atoms with E-state index in [2.05, 4.69) is 0 Å². The van der Waals surface area contributed by atoms with Gasteiger partial charge in [-0.1, -0.05) is 0 Å². The Bertz CT molecular complexity index is 359. The van der Waals surface area contributed by atoms with E-state index in [1.54, 1.807) is 0 Å². The van der Waals surface area contributed by atoms with Gasteiger partial charge in [0, 0.05) is 5.75 Å². The molecule has 0 aromatic rings. The molecule has 130 valence electrons. The van der Waals surface area contributed by atoms with Crippen LogP contribution in [0.4, 0.5) is 0 Å². The molecule has 0 aromatic heterocycles. The Morgan fingerprint density at radius 1 is 0.909 bits per heavy atom. The Morgan fingerprint density at radius 3 is 2.14 bits per heavy atom. The Hall–Kier alpha value is -0.0100. The third-order valence-electron chi connectivity index (χ3n) is 3.78. The molecule has 0 aliphatic carbocycles. The van der Waals surface area contributed by atoms with E-state index in [9.17, 15) is 25.5 Å². The first-order chi connectivity index (χ1) is 10.4. The van der Waals surface area contributed by atoms with Crippen LogP contribution in [0.2, 0.25) is 0 Å². The minimum Gasteiger partial charge on any atom is -0.394 e. The number of rotatable bonds is 5. The van der Waals surface area contributed by atoms with Crippen LogP contribution in [0.15, 0.2) is 0 Å². The van der Waals surface area contributed by atoms with E-state index in [0.29, 0.717) is 5.75 Å². The highest BCUT2D eigenvalue weighted by molar-refractivity contribution is 7.98. The summed E-state index contributed by atoms with van der Waals surface area (Å²) in [6.45, 7) is -0.584. The molecule has 10 heteroatoms. The van der Waals surface area contributed by atoms with Gasteiger partial charge in [0.1, 0.15) is 36.6 Å². The van der Waals surface area contributed by atoms with Gasteiger partial charge in [-0.25, -0.2) is 0 Å². The molecule has 2 rings (SSSR count). The molecule has 6 unspecified atom stereocenters. The normalized spacial score (nSPS) is 49.5. The Kier molecular flexibility index (Phi) is 6.42. The van der Waals surface area contributed by atoms with Gasteiger partial charge in [0.25, 0.3) is 0 Å². The lowest BCUT2D eigenvalue weighted by atomic mass is 9.99. The van der Waals surface area contributed by atoms with Crippen molar-refractivity contribution in [1.29, 1.82) is 0 Å². The van der Waals surface area contributed by atoms with Gasteiger partial charge in [0.2, 0.25) is 0 Å². The number of hydrogen-bond donors (Lipinski definition) is 6. The Balaban J connectivity index is 2.00. The van der Waals surface area contributed by atoms with E-state index >= 15 is 0 Å². The lowest BCUT2D eigenvalue weighted by Gasteiger charge is -2.40. The molecule has 2 heterocycles. The van der Waals surface area contributed by atoms with E-state index in [1.807, 2.05) is 6.26 Å². The third-order valence-corrected chi connectivity index (χ3v) is 4.45. The van der Waals surface area contributed by atoms with Gasteiger partial charge >= 0.3 is 0 Å². The second kappa shape index (κ2) is 7.71. The molecule has 2 saturated heterocycles. The van der Waals surface area contributed by atoms with E-state index in [-0.39, 0.29) is 0 Å². The molecule has 2 aliphatic heterocycles. The van der Waals surface area contributed by atoms with Crippen LogP contribution in [-0.2, 0) is 14.2 Å². The fraction of sp³-hybridized carbons (Fsp3) is 1.00. The third kappa shape index (κ3) is 3.56. The lowest BCUT2D eigenvalue weighted by Crippen LogP contribution is -2.60. The predicted octanol–water partition coefficient (Wildman–Crippen LogP) is -3.39. The summed E-state index contributed by atoms with van der Waals surface area (Å²) < 4.78 is 15.6.